The van der Waals surface area contributed by atoms with Crippen LogP contribution in [0, 0.1) is 0 Å². The summed E-state index contributed by atoms with van der Waals surface area (Å²) in [5.41, 5.74) is 1.76. The number of hydrogen-bond donors (Lipinski definition) is 2. The van der Waals surface area contributed by atoms with Crippen LogP contribution in [0.5, 0.6) is 0 Å². The zero-order valence-electron chi connectivity index (χ0n) is 4.37. The van der Waals surface area contributed by atoms with Crippen LogP contribution in [0.1, 0.15) is 0 Å². The molecular weight excluding hydrogens is 175 g/mol. The van der Waals surface area contributed by atoms with Crippen LogP contribution in [0.15, 0.2) is 0 Å². The van der Waals surface area contributed by atoms with Crippen molar-refractivity contribution in [3.05, 3.63) is 0 Å². The average molecular weight is 182 g/mol. The van der Waals surface area contributed by atoms with Gasteiger partial charge in [-0.25, -0.2) is 0 Å². The second kappa shape index (κ2) is 1.97. The van der Waals surface area contributed by atoms with E-state index in [2.05, 4.69) is 9.78 Å². The second-order valence-electron chi connectivity index (χ2n) is 1.55. The fourth-order valence-corrected chi connectivity index (χ4v) is 1.24. The number of aliphatic hydroxyl groups excluding tert-OH is 1. The Morgan fingerprint density at radius 3 is 2.25 bits per heavy atom. The molecule has 48 valence electrons. The Labute approximate surface area is 51.2 Å². The Hall–Kier alpha value is 0.398. The van der Waals surface area contributed by atoms with Gasteiger partial charge in [0.05, 0.1) is 0 Å². The minimum atomic E-state index is -1.65. The van der Waals surface area contributed by atoms with E-state index in [4.69, 9.17) is 10.2 Å². The molecule has 0 aromatic rings. The zero-order valence-corrected chi connectivity index (χ0v) is 6.24. The van der Waals surface area contributed by atoms with E-state index in [0.717, 1.165) is 0 Å². The van der Waals surface area contributed by atoms with Gasteiger partial charge in [0.25, 0.3) is 0 Å². The van der Waals surface area contributed by atoms with Crippen LogP contribution in [0.4, 0.5) is 0 Å². The Morgan fingerprint density at radius 2 is 2.12 bits per heavy atom. The van der Waals surface area contributed by atoms with E-state index in [0.29, 0.717) is 0 Å². The van der Waals surface area contributed by atoms with Crippen LogP contribution < -0.4 is 0 Å². The number of rotatable bonds is 2. The van der Waals surface area contributed by atoms with Crippen molar-refractivity contribution in [3.8, 4) is 0 Å². The van der Waals surface area contributed by atoms with E-state index in [1.165, 1.54) is 0 Å². The molecule has 0 spiro atoms. The summed E-state index contributed by atoms with van der Waals surface area (Å²) in [6.45, 7) is 0. The normalized spacial score (nSPS) is 27.4. The maximum absolute atomic E-state index is 8.86. The van der Waals surface area contributed by atoms with E-state index in [9.17, 15) is 0 Å². The molecule has 1 unspecified atom stereocenters. The van der Waals surface area contributed by atoms with Crippen LogP contribution in [0.25, 0.3) is 0 Å². The van der Waals surface area contributed by atoms with Gasteiger partial charge in [-0.1, -0.05) is 0 Å². The molecule has 0 saturated carbocycles. The van der Waals surface area contributed by atoms with Crippen LogP contribution >= 0.6 is 0 Å². The first kappa shape index (κ1) is 6.52. The predicted molar refractivity (Wildman–Crippen MR) is 25.8 cm³/mol. The zero-order chi connectivity index (χ0) is 6.20. The number of hydrogen-bond acceptors (Lipinski definition) is 4. The molecule has 4 nitrogen and oxygen atoms in total. The fourth-order valence-electron chi connectivity index (χ4n) is 0.254. The van der Waals surface area contributed by atoms with Crippen molar-refractivity contribution in [2.45, 2.75) is 10.5 Å². The molecule has 0 bridgehead atoms. The van der Waals surface area contributed by atoms with Gasteiger partial charge in [-0.15, -0.1) is 0 Å². The third kappa shape index (κ3) is 1.04. The molecule has 1 rings (SSSR count). The van der Waals surface area contributed by atoms with Gasteiger partial charge in [-0.3, -0.25) is 0 Å². The van der Waals surface area contributed by atoms with Crippen molar-refractivity contribution in [2.24, 2.45) is 0 Å². The molecule has 0 amide bonds. The van der Waals surface area contributed by atoms with Gasteiger partial charge in [-0.05, 0) is 0 Å². The third-order valence-corrected chi connectivity index (χ3v) is 4.15. The average Bonchev–Trinajstić information content (AvgIpc) is 2.47. The summed E-state index contributed by atoms with van der Waals surface area (Å²) < 4.78 is -1.35. The first-order chi connectivity index (χ1) is 3.69. The summed E-state index contributed by atoms with van der Waals surface area (Å²) in [6.07, 6.45) is 0. The van der Waals surface area contributed by atoms with Gasteiger partial charge < -0.3 is 0 Å². The fraction of sp³-hybridized carbons (Fsp3) is 1.00. The Kier molecular flexibility index (Phi) is 1.61. The molecule has 1 fully saturated rings. The minimum absolute atomic E-state index is 0.00347. The van der Waals surface area contributed by atoms with Crippen molar-refractivity contribution in [2.75, 3.05) is 5.39 Å². The molecule has 1 heterocycles. The van der Waals surface area contributed by atoms with Crippen molar-refractivity contribution in [1.29, 1.82) is 0 Å². The third-order valence-electron chi connectivity index (χ3n) is 0.927. The van der Waals surface area contributed by atoms with Gasteiger partial charge in [-0.2, -0.15) is 0 Å². The molecule has 8 heavy (non-hydrogen) atoms. The molecule has 1 aliphatic heterocycles. The molecule has 0 aromatic heterocycles. The quantitative estimate of drug-likeness (QED) is 0.319. The van der Waals surface area contributed by atoms with Crippen LogP contribution in [0.2, 0.25) is 5.71 Å². The van der Waals surface area contributed by atoms with Crippen LogP contribution in [0.3, 0.4) is 0 Å². The summed E-state index contributed by atoms with van der Waals surface area (Å²) in [7, 11) is 0. The maximum atomic E-state index is 8.86. The molecule has 1 saturated heterocycles. The Morgan fingerprint density at radius 1 is 1.62 bits per heavy atom. The summed E-state index contributed by atoms with van der Waals surface area (Å²) in [5.74, 6) is 0. The summed E-state index contributed by atoms with van der Waals surface area (Å²) in [5, 5.41) is 17.3. The van der Waals surface area contributed by atoms with Crippen LogP contribution in [-0.2, 0) is 9.78 Å². The molecule has 1 aliphatic rings. The second-order valence-corrected chi connectivity index (χ2v) is 6.26. The summed E-state index contributed by atoms with van der Waals surface area (Å²) in [4.78, 5) is 8.42. The van der Waals surface area contributed by atoms with Gasteiger partial charge in [0.15, 0.2) is 0 Å². The summed E-state index contributed by atoms with van der Waals surface area (Å²) >= 11 is -1.65. The number of aliphatic hydroxyl groups is 2. The molecule has 0 radical (unpaired) electrons. The first-order valence-corrected chi connectivity index (χ1v) is 6.24. The Bertz CT molecular complexity index is 91.3. The van der Waals surface area contributed by atoms with Crippen molar-refractivity contribution >= 4 is 14.7 Å². The molecule has 2 N–H and O–H groups in total. The van der Waals surface area contributed by atoms with Crippen LogP contribution in [-0.4, -0.2) is 35.0 Å². The van der Waals surface area contributed by atoms with Crippen molar-refractivity contribution < 1.29 is 20.0 Å². The monoisotopic (exact) mass is 182 g/mol. The van der Waals surface area contributed by atoms with Crippen molar-refractivity contribution in [1.82, 2.24) is 0 Å². The van der Waals surface area contributed by atoms with E-state index in [-0.39, 0.29) is 5.39 Å². The SMILES string of the molecule is C[As](CO)C1(O)OO1. The molecule has 0 aromatic carbocycles. The van der Waals surface area contributed by atoms with Gasteiger partial charge in [0.2, 0.25) is 0 Å². The molecule has 0 aliphatic carbocycles. The van der Waals surface area contributed by atoms with Crippen molar-refractivity contribution in [3.63, 3.8) is 0 Å². The molecule has 5 heteroatoms. The standard InChI is InChI=1S/C3H7AsO4/c1-4(2-5)3(6)7-8-3/h5-6H,2H2,1H3. The van der Waals surface area contributed by atoms with E-state index < -0.39 is 19.4 Å². The summed E-state index contributed by atoms with van der Waals surface area (Å²) in [6, 6.07) is 0. The van der Waals surface area contributed by atoms with E-state index in [1.807, 2.05) is 0 Å². The predicted octanol–water partition coefficient (Wildman–Crippen LogP) is -1.21. The molecular formula is C3H7AsO4. The van der Waals surface area contributed by atoms with Gasteiger partial charge >= 0.3 is 50.5 Å². The first-order valence-electron chi connectivity index (χ1n) is 2.10. The van der Waals surface area contributed by atoms with E-state index >= 15 is 0 Å². The molecule has 1 atom stereocenters. The van der Waals surface area contributed by atoms with E-state index in [1.54, 1.807) is 5.71 Å². The topological polar surface area (TPSA) is 65.5 Å². The Balaban J connectivity index is 2.34. The van der Waals surface area contributed by atoms with Gasteiger partial charge in [0.1, 0.15) is 0 Å². The van der Waals surface area contributed by atoms with Gasteiger partial charge in [0, 0.05) is 0 Å².